The molecule has 16 rings (SSSR count). The Bertz CT molecular complexity index is 6400. The zero-order chi connectivity index (χ0) is 93.8. The van der Waals surface area contributed by atoms with Gasteiger partial charge in [-0.15, -0.1) is 5.56 Å². The number of ketones is 1. The van der Waals surface area contributed by atoms with Gasteiger partial charge in [0, 0.05) is 141 Å². The Morgan fingerprint density at radius 3 is 1.15 bits per heavy atom. The van der Waals surface area contributed by atoms with Gasteiger partial charge in [0.1, 0.15) is 0 Å². The summed E-state index contributed by atoms with van der Waals surface area (Å²) in [5, 5.41) is 38.8. The number of methoxy groups -OCH3 is 3. The van der Waals surface area contributed by atoms with Gasteiger partial charge in [0.15, 0.2) is 5.78 Å². The zero-order valence-corrected chi connectivity index (χ0v) is 89.5. The second-order valence-corrected chi connectivity index (χ2v) is 35.4. The Kier molecular flexibility index (Phi) is 44.2. The van der Waals surface area contributed by atoms with E-state index < -0.39 is 5.97 Å². The number of hydrogen-bond acceptors (Lipinski definition) is 23. The fourth-order valence-corrected chi connectivity index (χ4v) is 14.1. The average Bonchev–Trinajstić information content (AvgIpc) is 1.61. The van der Waals surface area contributed by atoms with Crippen LogP contribution in [0.25, 0.3) is 88.3 Å². The summed E-state index contributed by atoms with van der Waals surface area (Å²) in [5.41, 5.74) is 25.2. The molecule has 0 fully saturated rings. The third-order valence-corrected chi connectivity index (χ3v) is 20.7. The van der Waals surface area contributed by atoms with Crippen LogP contribution in [-0.2, 0) is 43.5 Å². The molecule has 29 nitrogen and oxygen atoms in total. The molecular weight excluding hydrogens is 2120 g/mol. The number of nitrogens with one attached hydrogen (secondary N) is 1. The van der Waals surface area contributed by atoms with Gasteiger partial charge in [-0.25, -0.2) is 19.2 Å². The maximum absolute atomic E-state index is 13.1. The van der Waals surface area contributed by atoms with Crippen LogP contribution in [0.5, 0.6) is 0 Å². The standard InChI is InChI=1S/C24H25N5O.C18H19N3O2.C17H17N3O2.C12H13IN2O2.C9H7IN2O2.C6H9N3.C6H6N.C3H7I.BrH.Na.H2O.Zn/c1-15(2)29-23-10-18(24(30)8-6-19-13-25-17(4)12-26-19)9-20(21(23)14-28-29)22-7-5-16(3)11-27-22;1-11(2)21-17-8-13(18(22)23-4)7-14(15(17)10-20-21)16-6-5-12(3)9-19-16;1-10(2)20-16-7-12(17(21)22)6-13(14(16)9-19-20)15-5-4-11(3)8-18-15;1-7(2)15-11-5-8(12(16)17-3)4-10(13)9(11)6-14-15;1-14-9(13)5-2-7(10)6-4-11-12-8(6)3-5;1-5-3-9-6(2-7)4-8-5;1-6-3-2-4-7-5-6;1-3(2)4;;;;/h5,7,9-15H,6,8H2,1-4H3;5-11H,1-4H3;4-10H,1-3H3,(H,21,22);4-7H,1-3H3;2-4H,1H3,(H,11,12);3-4H,2,7H2,1H3;2-3,5H,1H3;3H,1-2H3;1H;;1H2;/q;;;;;;-1;;;+1;;+2/p-2. The summed E-state index contributed by atoms with van der Waals surface area (Å²) in [6.45, 7) is 33.0. The SMILES string of the molecule is CC(C)I.COC(=O)c1cc(-c2ccc(C)cn2)c2cnn(C(C)C)c2c1.COC(=O)c1cc(I)c2cn[nH]c2c1.COC(=O)c1cc(I)c2cnn(C(C)C)c2c1.Cc1cc[c-]nc1.Cc1ccc(-c2cc(C(=O)CCc3cnc(C)cn3)cc3c2cnn3C(C)C)nc1.Cc1ccc(-c2cc(C(=O)O)cc3c2cnn3C(C)C)nc1.Cc1cnc(CN)cn1.[Na+].[OH-].[Zn+][Br]. The van der Waals surface area contributed by atoms with E-state index in [4.69, 9.17) is 15.2 Å². The number of aromatic nitrogens is 18. The first-order valence-electron chi connectivity index (χ1n) is 40.7. The van der Waals surface area contributed by atoms with E-state index in [0.717, 1.165) is 139 Å². The van der Waals surface area contributed by atoms with Gasteiger partial charge in [0.25, 0.3) is 0 Å². The number of fused-ring (bicyclic) bond motifs is 5. The molecule has 0 unspecified atom stereocenters. The van der Waals surface area contributed by atoms with Crippen LogP contribution in [-0.4, -0.2) is 155 Å². The first-order chi connectivity index (χ1) is 61.1. The molecule has 16 aromatic rings. The number of esters is 3. The van der Waals surface area contributed by atoms with E-state index in [1.165, 1.54) is 43.2 Å². The van der Waals surface area contributed by atoms with Gasteiger partial charge >= 0.3 is 83.4 Å². The summed E-state index contributed by atoms with van der Waals surface area (Å²) in [5.74, 6) is -1.89. The van der Waals surface area contributed by atoms with E-state index in [-0.39, 0.29) is 88.5 Å². The fraction of sp³-hybridized carbons (Fsp3) is 0.284. The van der Waals surface area contributed by atoms with Crippen LogP contribution in [0.4, 0.5) is 0 Å². The number of alkyl halides is 1. The second kappa shape index (κ2) is 52.9. The van der Waals surface area contributed by atoms with Gasteiger partial charge in [-0.3, -0.25) is 63.5 Å². The molecule has 0 aliphatic carbocycles. The van der Waals surface area contributed by atoms with Gasteiger partial charge in [-0.1, -0.05) is 74.0 Å². The number of carboxylic acids is 1. The number of H-pyrrole nitrogens is 1. The Balaban J connectivity index is 0.000000239. The number of halogens is 4. The number of benzene rings is 5. The number of rotatable bonds is 16. The van der Waals surface area contributed by atoms with E-state index in [9.17, 15) is 29.1 Å². The van der Waals surface area contributed by atoms with Crippen LogP contribution in [0, 0.1) is 54.9 Å². The van der Waals surface area contributed by atoms with Crippen LogP contribution in [0.1, 0.15) is 197 Å². The third kappa shape index (κ3) is 30.3. The second-order valence-electron chi connectivity index (χ2n) is 30.6. The van der Waals surface area contributed by atoms with E-state index >= 15 is 0 Å². The Hall–Kier alpha value is -10.0. The average molecular weight is 2220 g/mol. The van der Waals surface area contributed by atoms with Gasteiger partial charge < -0.3 is 35.5 Å². The Morgan fingerprint density at radius 2 is 0.800 bits per heavy atom. The molecule has 0 aliphatic rings. The van der Waals surface area contributed by atoms with Crippen LogP contribution < -0.4 is 35.3 Å². The normalized spacial score (nSPS) is 10.5. The Morgan fingerprint density at radius 1 is 0.446 bits per heavy atom. The Labute approximate surface area is 836 Å². The summed E-state index contributed by atoms with van der Waals surface area (Å²) in [6.07, 6.45) is 26.7. The van der Waals surface area contributed by atoms with E-state index in [1.807, 2.05) is 184 Å². The number of aromatic amines is 1. The number of carboxylic acid groups (broad SMARTS) is 1. The summed E-state index contributed by atoms with van der Waals surface area (Å²) in [6, 6.07) is 34.4. The molecule has 5 N–H and O–H groups in total. The number of nitrogens with two attached hydrogens (primary N) is 1. The number of pyridine rings is 4. The monoisotopic (exact) mass is 2220 g/mol. The number of carbonyl (C=O) groups excluding carboxylic acids is 4. The van der Waals surface area contributed by atoms with Crippen molar-refractivity contribution >= 4 is 166 Å². The van der Waals surface area contributed by atoms with E-state index in [2.05, 4.69) is 218 Å². The van der Waals surface area contributed by atoms with Crippen molar-refractivity contribution in [2.45, 2.75) is 158 Å². The van der Waals surface area contributed by atoms with Crippen molar-refractivity contribution in [1.29, 1.82) is 0 Å². The number of nitrogens with zero attached hydrogens (tertiary/aromatic N) is 17. The van der Waals surface area contributed by atoms with Gasteiger partial charge in [-0.2, -0.15) is 37.6 Å². The molecule has 130 heavy (non-hydrogen) atoms. The maximum atomic E-state index is 13.1. The molecule has 35 heteroatoms. The molecule has 0 atom stereocenters. The molecule has 0 saturated carbocycles. The molecule has 0 spiro atoms. The van der Waals surface area contributed by atoms with Crippen molar-refractivity contribution in [3.8, 4) is 33.8 Å². The first kappa shape index (κ1) is 109. The number of hydrogen-bond donors (Lipinski definition) is 3. The first-order valence-corrected chi connectivity index (χ1v) is 51.1. The minimum absolute atomic E-state index is 0. The molecule has 0 radical (unpaired) electrons. The van der Waals surface area contributed by atoms with Crippen molar-refractivity contribution < 1.29 is 94.7 Å². The predicted octanol–water partition coefficient (Wildman–Crippen LogP) is 18.3. The van der Waals surface area contributed by atoms with Crippen LogP contribution in [0.3, 0.4) is 0 Å². The van der Waals surface area contributed by atoms with Crippen molar-refractivity contribution in [2.75, 3.05) is 21.3 Å². The molecule has 670 valence electrons. The van der Waals surface area contributed by atoms with Crippen molar-refractivity contribution in [2.24, 2.45) is 5.73 Å². The molecule has 0 saturated heterocycles. The topological polar surface area (TPSA) is 392 Å². The van der Waals surface area contributed by atoms with Crippen molar-refractivity contribution in [1.82, 2.24) is 89.2 Å². The molecular formula is C95H104BrI3N19NaO10Zn. The summed E-state index contributed by atoms with van der Waals surface area (Å²) < 4.78 is 24.7. The summed E-state index contributed by atoms with van der Waals surface area (Å²) >= 11 is 11.0. The van der Waals surface area contributed by atoms with Crippen LogP contribution in [0.2, 0.25) is 0 Å². The van der Waals surface area contributed by atoms with E-state index in [1.54, 1.807) is 79.9 Å². The van der Waals surface area contributed by atoms with E-state index in [0.29, 0.717) is 41.6 Å². The molecule has 0 bridgehead atoms. The zero-order valence-electron chi connectivity index (χ0n) is 76.5. The molecule has 0 amide bonds. The predicted molar refractivity (Wildman–Crippen MR) is 529 cm³/mol. The number of carbonyl (C=O) groups is 5. The third-order valence-electron chi connectivity index (χ3n) is 18.9. The summed E-state index contributed by atoms with van der Waals surface area (Å²) in [7, 11) is 4.14. The van der Waals surface area contributed by atoms with Crippen LogP contribution in [0.15, 0.2) is 190 Å². The van der Waals surface area contributed by atoms with Crippen molar-refractivity contribution in [3.05, 3.63) is 276 Å². The number of Topliss-reactive ketones (excluding diaryl/α,β-unsaturated/α-hetero) is 1. The molecule has 0 aliphatic heterocycles. The minimum atomic E-state index is -0.952. The number of aromatic carboxylic acids is 1. The van der Waals surface area contributed by atoms with Gasteiger partial charge in [0.05, 0.1) is 142 Å². The molecule has 5 aromatic carbocycles. The van der Waals surface area contributed by atoms with Crippen molar-refractivity contribution in [3.63, 3.8) is 0 Å². The number of ether oxygens (including phenoxy) is 3. The molecule has 11 aromatic heterocycles. The number of aryl methyl sites for hydroxylation is 7. The fourth-order valence-electron chi connectivity index (χ4n) is 12.6. The van der Waals surface area contributed by atoms with Gasteiger partial charge in [-0.05, 0) is 237 Å². The van der Waals surface area contributed by atoms with Gasteiger partial charge in [0.2, 0.25) is 0 Å². The quantitative estimate of drug-likeness (QED) is 0.0154. The molecule has 11 heterocycles. The summed E-state index contributed by atoms with van der Waals surface area (Å²) in [4.78, 5) is 93.3. The van der Waals surface area contributed by atoms with Crippen LogP contribution >= 0.6 is 81.4 Å².